The summed E-state index contributed by atoms with van der Waals surface area (Å²) >= 11 is 0. The van der Waals surface area contributed by atoms with Crippen LogP contribution in [0.25, 0.3) is 0 Å². The highest BCUT2D eigenvalue weighted by Crippen LogP contribution is 2.36. The van der Waals surface area contributed by atoms with E-state index in [0.717, 1.165) is 64.2 Å². The lowest BCUT2D eigenvalue weighted by molar-refractivity contribution is -0.137. The van der Waals surface area contributed by atoms with Crippen molar-refractivity contribution < 1.29 is 32.2 Å². The second-order valence-electron chi connectivity index (χ2n) is 10.6. The minimum atomic E-state index is -4.57. The Labute approximate surface area is 250 Å². The molecule has 4 rings (SSSR count). The molecule has 43 heavy (non-hydrogen) atoms. The molecule has 1 aliphatic heterocycles. The highest BCUT2D eigenvalue weighted by Gasteiger charge is 2.36. The van der Waals surface area contributed by atoms with Crippen LogP contribution in [0.2, 0.25) is 0 Å². The Morgan fingerprint density at radius 1 is 1.05 bits per heavy atom. The van der Waals surface area contributed by atoms with Gasteiger partial charge in [-0.1, -0.05) is 19.3 Å². The number of nitrogens with zero attached hydrogens (tertiary/aromatic N) is 3. The number of hydrogen-bond acceptors (Lipinski definition) is 9. The SMILES string of the molecule is CNC(=O)COC.COc1cc(C(=O)NC2CCN(C)CC2)ccc1Nc1ncc(C(F)(F)F)c(NC2CCCCC2)n1. The molecule has 2 fully saturated rings. The Bertz CT molecular complexity index is 1200. The number of nitrogens with one attached hydrogen (secondary N) is 4. The molecular weight excluding hydrogens is 567 g/mol. The predicted octanol–water partition coefficient (Wildman–Crippen LogP) is 4.20. The standard InChI is InChI=1S/C25H33F3N6O2.C4H9NO2/c1-34-12-10-18(11-13-34)31-23(35)16-8-9-20(21(14-16)36-2)32-24-29-15-19(25(26,27)28)22(33-24)30-17-6-4-3-5-7-17;1-5-4(6)3-7-2/h8-9,14-15,17-18H,3-7,10-13H2,1-2H3,(H,31,35)(H2,29,30,32,33);3H2,1-2H3,(H,5,6). The zero-order chi connectivity index (χ0) is 31.4. The highest BCUT2D eigenvalue weighted by atomic mass is 19.4. The van der Waals surface area contributed by atoms with E-state index in [1.54, 1.807) is 25.2 Å². The normalized spacial score (nSPS) is 16.4. The maximum atomic E-state index is 13.6. The van der Waals surface area contributed by atoms with Gasteiger partial charge in [0, 0.05) is 38.0 Å². The van der Waals surface area contributed by atoms with E-state index in [-0.39, 0.29) is 42.3 Å². The number of aromatic nitrogens is 2. The molecule has 0 spiro atoms. The maximum Gasteiger partial charge on any atom is 0.421 e. The van der Waals surface area contributed by atoms with E-state index in [4.69, 9.17) is 4.74 Å². The van der Waals surface area contributed by atoms with Crippen molar-refractivity contribution in [3.8, 4) is 5.75 Å². The van der Waals surface area contributed by atoms with Gasteiger partial charge in [0.15, 0.2) is 0 Å². The summed E-state index contributed by atoms with van der Waals surface area (Å²) in [4.78, 5) is 33.2. The molecule has 4 N–H and O–H groups in total. The number of carbonyl (C=O) groups excluding carboxylic acids is 2. The number of likely N-dealkylation sites (N-methyl/N-ethyl adjacent to an activating group) is 1. The van der Waals surface area contributed by atoms with E-state index in [0.29, 0.717) is 17.0 Å². The van der Waals surface area contributed by atoms with Crippen molar-refractivity contribution in [1.82, 2.24) is 25.5 Å². The minimum Gasteiger partial charge on any atom is -0.495 e. The molecule has 0 unspecified atom stereocenters. The first kappa shape index (κ1) is 33.8. The van der Waals surface area contributed by atoms with Gasteiger partial charge in [-0.15, -0.1) is 0 Å². The van der Waals surface area contributed by atoms with Crippen LogP contribution >= 0.6 is 0 Å². The Hall–Kier alpha value is -3.65. The zero-order valence-electron chi connectivity index (χ0n) is 25.1. The topological polar surface area (TPSA) is 130 Å². The van der Waals surface area contributed by atoms with Crippen molar-refractivity contribution in [3.05, 3.63) is 35.5 Å². The zero-order valence-corrected chi connectivity index (χ0v) is 25.1. The Balaban J connectivity index is 0.000000646. The summed E-state index contributed by atoms with van der Waals surface area (Å²) in [6, 6.07) is 4.93. The fourth-order valence-electron chi connectivity index (χ4n) is 4.88. The number of hydrogen-bond donors (Lipinski definition) is 4. The molecule has 0 atom stereocenters. The molecule has 14 heteroatoms. The smallest absolute Gasteiger partial charge is 0.421 e. The van der Waals surface area contributed by atoms with Crippen molar-refractivity contribution in [2.24, 2.45) is 0 Å². The Morgan fingerprint density at radius 3 is 2.33 bits per heavy atom. The molecule has 2 heterocycles. The number of ether oxygens (including phenoxy) is 2. The first-order valence-electron chi connectivity index (χ1n) is 14.4. The van der Waals surface area contributed by atoms with Crippen molar-refractivity contribution >= 4 is 29.3 Å². The minimum absolute atomic E-state index is 0.00290. The third-order valence-electron chi connectivity index (χ3n) is 7.36. The van der Waals surface area contributed by atoms with Crippen LogP contribution in [-0.4, -0.2) is 86.8 Å². The second kappa shape index (κ2) is 16.3. The summed E-state index contributed by atoms with van der Waals surface area (Å²) in [6.45, 7) is 2.01. The lowest BCUT2D eigenvalue weighted by Crippen LogP contribution is -2.43. The second-order valence-corrected chi connectivity index (χ2v) is 10.6. The Kier molecular flexibility index (Phi) is 12.8. The molecule has 11 nitrogen and oxygen atoms in total. The molecule has 0 bridgehead atoms. The van der Waals surface area contributed by atoms with Gasteiger partial charge >= 0.3 is 6.18 Å². The summed E-state index contributed by atoms with van der Waals surface area (Å²) in [5.41, 5.74) is -0.0208. The molecule has 1 aromatic carbocycles. The number of benzene rings is 1. The fraction of sp³-hybridized carbons (Fsp3) is 0.586. The number of piperidine rings is 1. The molecule has 2 aromatic rings. The van der Waals surface area contributed by atoms with Crippen LogP contribution in [-0.2, 0) is 15.7 Å². The largest absolute Gasteiger partial charge is 0.495 e. The lowest BCUT2D eigenvalue weighted by atomic mass is 9.95. The summed E-state index contributed by atoms with van der Waals surface area (Å²) in [5.74, 6) is -0.166. The van der Waals surface area contributed by atoms with Crippen LogP contribution in [0.1, 0.15) is 60.9 Å². The molecule has 0 radical (unpaired) electrons. The van der Waals surface area contributed by atoms with Crippen LogP contribution in [0.3, 0.4) is 0 Å². The molecule has 2 aliphatic rings. The average molecular weight is 610 g/mol. The molecule has 1 saturated carbocycles. The third-order valence-corrected chi connectivity index (χ3v) is 7.36. The number of anilines is 3. The lowest BCUT2D eigenvalue weighted by Gasteiger charge is -2.29. The maximum absolute atomic E-state index is 13.6. The summed E-state index contributed by atoms with van der Waals surface area (Å²) in [6.07, 6.45) is 2.65. The highest BCUT2D eigenvalue weighted by molar-refractivity contribution is 5.95. The van der Waals surface area contributed by atoms with Gasteiger partial charge in [-0.3, -0.25) is 9.59 Å². The third kappa shape index (κ3) is 10.5. The molecule has 2 amide bonds. The number of alkyl halides is 3. The number of rotatable bonds is 9. The summed E-state index contributed by atoms with van der Waals surface area (Å²) in [7, 11) is 6.57. The number of amides is 2. The van der Waals surface area contributed by atoms with E-state index in [9.17, 15) is 22.8 Å². The molecule has 1 saturated heterocycles. The number of halogens is 3. The van der Waals surface area contributed by atoms with Crippen LogP contribution in [0.5, 0.6) is 5.75 Å². The van der Waals surface area contributed by atoms with E-state index in [1.807, 2.05) is 0 Å². The van der Waals surface area contributed by atoms with Crippen molar-refractivity contribution in [3.63, 3.8) is 0 Å². The van der Waals surface area contributed by atoms with E-state index < -0.39 is 11.7 Å². The number of carbonyl (C=O) groups is 2. The average Bonchev–Trinajstić information content (AvgIpc) is 2.99. The quantitative estimate of drug-likeness (QED) is 0.331. The van der Waals surface area contributed by atoms with Gasteiger partial charge in [-0.25, -0.2) is 4.98 Å². The first-order chi connectivity index (χ1) is 20.5. The van der Waals surface area contributed by atoms with Gasteiger partial charge in [-0.05, 0) is 64.0 Å². The molecule has 1 aliphatic carbocycles. The van der Waals surface area contributed by atoms with Crippen LogP contribution < -0.4 is 26.0 Å². The van der Waals surface area contributed by atoms with Crippen molar-refractivity contribution in [1.29, 1.82) is 0 Å². The molecular formula is C29H42F3N7O4. The monoisotopic (exact) mass is 609 g/mol. The molecule has 1 aromatic heterocycles. The van der Waals surface area contributed by atoms with E-state index in [2.05, 4.69) is 47.9 Å². The van der Waals surface area contributed by atoms with Crippen molar-refractivity contribution in [2.45, 2.75) is 63.2 Å². The fourth-order valence-corrected chi connectivity index (χ4v) is 4.88. The molecule has 238 valence electrons. The summed E-state index contributed by atoms with van der Waals surface area (Å²) in [5, 5.41) is 11.4. The predicted molar refractivity (Wildman–Crippen MR) is 158 cm³/mol. The number of methoxy groups -OCH3 is 2. The Morgan fingerprint density at radius 2 is 1.74 bits per heavy atom. The van der Waals surface area contributed by atoms with Crippen LogP contribution in [0, 0.1) is 0 Å². The van der Waals surface area contributed by atoms with Gasteiger partial charge in [0.2, 0.25) is 11.9 Å². The van der Waals surface area contributed by atoms with Gasteiger partial charge in [0.25, 0.3) is 5.91 Å². The van der Waals surface area contributed by atoms with Crippen molar-refractivity contribution in [2.75, 3.05) is 58.6 Å². The van der Waals surface area contributed by atoms with Gasteiger partial charge in [-0.2, -0.15) is 18.2 Å². The van der Waals surface area contributed by atoms with Crippen LogP contribution in [0.15, 0.2) is 24.4 Å². The van der Waals surface area contributed by atoms with E-state index >= 15 is 0 Å². The first-order valence-corrected chi connectivity index (χ1v) is 14.4. The van der Waals surface area contributed by atoms with Gasteiger partial charge < -0.3 is 35.6 Å². The number of likely N-dealkylation sites (tertiary alicyclic amines) is 1. The summed E-state index contributed by atoms with van der Waals surface area (Å²) < 4.78 is 50.7. The van der Waals surface area contributed by atoms with Gasteiger partial charge in [0.05, 0.1) is 12.8 Å². The van der Waals surface area contributed by atoms with Crippen LogP contribution in [0.4, 0.5) is 30.6 Å². The van der Waals surface area contributed by atoms with E-state index in [1.165, 1.54) is 14.2 Å². The van der Waals surface area contributed by atoms with Gasteiger partial charge in [0.1, 0.15) is 23.7 Å².